The molecule has 2 heterocycles. The van der Waals surface area contributed by atoms with Gasteiger partial charge >= 0.3 is 0 Å². The minimum Gasteiger partial charge on any atom is -0.378 e. The fraction of sp³-hybridized carbons (Fsp3) is 0.538. The first-order valence-corrected chi connectivity index (χ1v) is 6.60. The Kier molecular flexibility index (Phi) is 3.81. The van der Waals surface area contributed by atoms with Crippen LogP contribution in [0.15, 0.2) is 18.2 Å². The van der Waals surface area contributed by atoms with E-state index in [9.17, 15) is 10.1 Å². The molecule has 2 fully saturated rings. The predicted octanol–water partition coefficient (Wildman–Crippen LogP) is 1.48. The number of rotatable bonds is 3. The highest BCUT2D eigenvalue weighted by atomic mass is 16.7. The number of anilines is 1. The molecule has 108 valence electrons. The summed E-state index contributed by atoms with van der Waals surface area (Å²) in [5, 5.41) is 11.1. The van der Waals surface area contributed by atoms with Crippen molar-refractivity contribution in [3.05, 3.63) is 33.9 Å². The van der Waals surface area contributed by atoms with Gasteiger partial charge in [-0.1, -0.05) is 0 Å². The molecule has 2 aliphatic rings. The summed E-state index contributed by atoms with van der Waals surface area (Å²) >= 11 is 0. The van der Waals surface area contributed by atoms with Gasteiger partial charge in [0.25, 0.3) is 5.69 Å². The molecule has 7 nitrogen and oxygen atoms in total. The molecule has 1 aromatic rings. The first-order chi connectivity index (χ1) is 9.75. The lowest BCUT2D eigenvalue weighted by atomic mass is 10.1. The maximum Gasteiger partial charge on any atom is 0.277 e. The molecule has 0 aliphatic carbocycles. The third kappa shape index (κ3) is 2.60. The van der Waals surface area contributed by atoms with Gasteiger partial charge in [0, 0.05) is 24.8 Å². The number of benzene rings is 1. The van der Waals surface area contributed by atoms with Gasteiger partial charge < -0.3 is 19.1 Å². The second-order valence-corrected chi connectivity index (χ2v) is 4.67. The summed E-state index contributed by atoms with van der Waals surface area (Å²) in [7, 11) is 0. The summed E-state index contributed by atoms with van der Waals surface area (Å²) in [4.78, 5) is 12.9. The number of nitro benzene ring substituents is 1. The van der Waals surface area contributed by atoms with E-state index >= 15 is 0 Å². The van der Waals surface area contributed by atoms with E-state index < -0.39 is 11.2 Å². The maximum atomic E-state index is 11.1. The van der Waals surface area contributed by atoms with E-state index in [1.165, 1.54) is 6.07 Å². The van der Waals surface area contributed by atoms with E-state index in [1.807, 2.05) is 0 Å². The highest BCUT2D eigenvalue weighted by Crippen LogP contribution is 2.34. The summed E-state index contributed by atoms with van der Waals surface area (Å²) in [6.07, 6.45) is -0.642. The van der Waals surface area contributed by atoms with Crippen molar-refractivity contribution in [1.82, 2.24) is 0 Å². The van der Waals surface area contributed by atoms with Crippen molar-refractivity contribution in [1.29, 1.82) is 0 Å². The number of ether oxygens (including phenoxy) is 3. The second-order valence-electron chi connectivity index (χ2n) is 4.67. The Morgan fingerprint density at radius 2 is 1.85 bits per heavy atom. The van der Waals surface area contributed by atoms with E-state index in [0.29, 0.717) is 32.0 Å². The third-order valence-corrected chi connectivity index (χ3v) is 3.46. The van der Waals surface area contributed by atoms with Crippen LogP contribution in [-0.4, -0.2) is 44.4 Å². The second kappa shape index (κ2) is 5.74. The lowest BCUT2D eigenvalue weighted by Crippen LogP contribution is -2.36. The summed E-state index contributed by atoms with van der Waals surface area (Å²) in [6.45, 7) is 3.83. The molecule has 0 amide bonds. The standard InChI is InChI=1S/C13H16N2O5/c16-15(17)12-2-1-10(14-3-5-18-6-4-14)9-11(12)13-19-7-8-20-13/h1-2,9,13H,3-8H2. The first kappa shape index (κ1) is 13.3. The number of hydrogen-bond donors (Lipinski definition) is 0. The first-order valence-electron chi connectivity index (χ1n) is 6.60. The Bertz CT molecular complexity index is 496. The van der Waals surface area contributed by atoms with Gasteiger partial charge in [0.15, 0.2) is 6.29 Å². The number of nitrogens with zero attached hydrogens (tertiary/aromatic N) is 2. The van der Waals surface area contributed by atoms with Crippen LogP contribution in [0.1, 0.15) is 11.9 Å². The lowest BCUT2D eigenvalue weighted by Gasteiger charge is -2.29. The van der Waals surface area contributed by atoms with Gasteiger partial charge in [0.1, 0.15) is 0 Å². The molecule has 2 aliphatic heterocycles. The Labute approximate surface area is 116 Å². The van der Waals surface area contributed by atoms with E-state index in [4.69, 9.17) is 14.2 Å². The van der Waals surface area contributed by atoms with E-state index in [-0.39, 0.29) is 5.69 Å². The molecule has 0 spiro atoms. The molecule has 0 aromatic heterocycles. The summed E-state index contributed by atoms with van der Waals surface area (Å²) in [5.41, 5.74) is 1.46. The smallest absolute Gasteiger partial charge is 0.277 e. The van der Waals surface area contributed by atoms with E-state index in [2.05, 4.69) is 4.90 Å². The van der Waals surface area contributed by atoms with Crippen LogP contribution < -0.4 is 4.90 Å². The molecule has 2 saturated heterocycles. The van der Waals surface area contributed by atoms with Crippen LogP contribution in [0.5, 0.6) is 0 Å². The van der Waals surface area contributed by atoms with Crippen LogP contribution in [0.25, 0.3) is 0 Å². The molecule has 7 heteroatoms. The third-order valence-electron chi connectivity index (χ3n) is 3.46. The van der Waals surface area contributed by atoms with Crippen molar-refractivity contribution in [2.45, 2.75) is 6.29 Å². The Hall–Kier alpha value is -1.70. The SMILES string of the molecule is O=[N+]([O-])c1ccc(N2CCOCC2)cc1C1OCCO1. The van der Waals surface area contributed by atoms with Crippen LogP contribution in [0.2, 0.25) is 0 Å². The number of nitro groups is 1. The highest BCUT2D eigenvalue weighted by Gasteiger charge is 2.28. The van der Waals surface area contributed by atoms with Gasteiger partial charge in [-0.3, -0.25) is 10.1 Å². The average molecular weight is 280 g/mol. The fourth-order valence-electron chi connectivity index (χ4n) is 2.45. The van der Waals surface area contributed by atoms with Crippen LogP contribution >= 0.6 is 0 Å². The lowest BCUT2D eigenvalue weighted by molar-refractivity contribution is -0.386. The van der Waals surface area contributed by atoms with E-state index in [0.717, 1.165) is 18.8 Å². The van der Waals surface area contributed by atoms with Gasteiger partial charge in [-0.05, 0) is 12.1 Å². The number of hydrogen-bond acceptors (Lipinski definition) is 6. The molecule has 0 bridgehead atoms. The fourth-order valence-corrected chi connectivity index (χ4v) is 2.45. The van der Waals surface area contributed by atoms with Crippen molar-refractivity contribution in [2.75, 3.05) is 44.4 Å². The molecule has 0 radical (unpaired) electrons. The average Bonchev–Trinajstić information content (AvgIpc) is 3.01. The van der Waals surface area contributed by atoms with Gasteiger partial charge in [0.2, 0.25) is 0 Å². The number of morpholine rings is 1. The Balaban J connectivity index is 1.92. The molecule has 20 heavy (non-hydrogen) atoms. The molecule has 3 rings (SSSR count). The van der Waals surface area contributed by atoms with Crippen molar-refractivity contribution in [3.63, 3.8) is 0 Å². The van der Waals surface area contributed by atoms with Gasteiger partial charge in [-0.2, -0.15) is 0 Å². The minimum absolute atomic E-state index is 0.0360. The van der Waals surface area contributed by atoms with Crippen LogP contribution in [0.3, 0.4) is 0 Å². The van der Waals surface area contributed by atoms with Crippen molar-refractivity contribution in [2.24, 2.45) is 0 Å². The predicted molar refractivity (Wildman–Crippen MR) is 70.8 cm³/mol. The summed E-state index contributed by atoms with van der Waals surface area (Å²) in [5.74, 6) is 0. The normalized spacial score (nSPS) is 20.3. The van der Waals surface area contributed by atoms with Gasteiger partial charge in [-0.15, -0.1) is 0 Å². The van der Waals surface area contributed by atoms with Crippen molar-refractivity contribution >= 4 is 11.4 Å². The van der Waals surface area contributed by atoms with Crippen LogP contribution in [0.4, 0.5) is 11.4 Å². The molecule has 0 atom stereocenters. The monoisotopic (exact) mass is 280 g/mol. The summed E-state index contributed by atoms with van der Waals surface area (Å²) in [6, 6.07) is 5.08. The quantitative estimate of drug-likeness (QED) is 0.616. The molecule has 1 aromatic carbocycles. The summed E-state index contributed by atoms with van der Waals surface area (Å²) < 4.78 is 16.1. The van der Waals surface area contributed by atoms with Gasteiger partial charge in [0.05, 0.1) is 36.9 Å². The molecule has 0 N–H and O–H groups in total. The molecule has 0 unspecified atom stereocenters. The maximum absolute atomic E-state index is 11.1. The van der Waals surface area contributed by atoms with E-state index in [1.54, 1.807) is 12.1 Å². The molecular weight excluding hydrogens is 264 g/mol. The largest absolute Gasteiger partial charge is 0.378 e. The van der Waals surface area contributed by atoms with Crippen molar-refractivity contribution < 1.29 is 19.1 Å². The topological polar surface area (TPSA) is 74.1 Å². The van der Waals surface area contributed by atoms with Crippen LogP contribution in [-0.2, 0) is 14.2 Å². The minimum atomic E-state index is -0.642. The Morgan fingerprint density at radius 1 is 1.15 bits per heavy atom. The molecular formula is C13H16N2O5. The zero-order valence-electron chi connectivity index (χ0n) is 11.0. The van der Waals surface area contributed by atoms with Crippen LogP contribution in [0, 0.1) is 10.1 Å². The van der Waals surface area contributed by atoms with Crippen molar-refractivity contribution in [3.8, 4) is 0 Å². The van der Waals surface area contributed by atoms with Gasteiger partial charge in [-0.25, -0.2) is 0 Å². The molecule has 0 saturated carbocycles. The zero-order valence-corrected chi connectivity index (χ0v) is 11.0. The zero-order chi connectivity index (χ0) is 13.9. The highest BCUT2D eigenvalue weighted by molar-refractivity contribution is 5.56. The Morgan fingerprint density at radius 3 is 2.50 bits per heavy atom.